The van der Waals surface area contributed by atoms with Crippen LogP contribution in [-0.2, 0) is 6.42 Å². The average molecular weight is 356 g/mol. The first kappa shape index (κ1) is 15.3. The van der Waals surface area contributed by atoms with Gasteiger partial charge in [0.1, 0.15) is 5.69 Å². The molecule has 0 spiro atoms. The molecule has 0 aliphatic heterocycles. The van der Waals surface area contributed by atoms with E-state index in [0.29, 0.717) is 16.3 Å². The maximum atomic E-state index is 13.2. The van der Waals surface area contributed by atoms with Crippen LogP contribution in [0.4, 0.5) is 0 Å². The van der Waals surface area contributed by atoms with Gasteiger partial charge in [-0.3, -0.25) is 4.79 Å². The molecular weight excluding hydrogens is 342 g/mol. The SMILES string of the molecule is O=C(c1ccc(Cl)cc1)c1nc2ccccc2c2c1Cc1ccccc1-2. The molecule has 5 rings (SSSR count). The predicted molar refractivity (Wildman–Crippen MR) is 105 cm³/mol. The summed E-state index contributed by atoms with van der Waals surface area (Å²) in [7, 11) is 0. The van der Waals surface area contributed by atoms with Gasteiger partial charge >= 0.3 is 0 Å². The number of carbonyl (C=O) groups is 1. The predicted octanol–water partition coefficient (Wildman–Crippen LogP) is 5.69. The van der Waals surface area contributed by atoms with Gasteiger partial charge in [0.15, 0.2) is 0 Å². The molecule has 0 unspecified atom stereocenters. The fourth-order valence-corrected chi connectivity index (χ4v) is 3.89. The molecule has 0 radical (unpaired) electrons. The van der Waals surface area contributed by atoms with Crippen LogP contribution in [0.5, 0.6) is 0 Å². The molecule has 0 atom stereocenters. The normalized spacial score (nSPS) is 12.0. The number of pyridine rings is 1. The van der Waals surface area contributed by atoms with Crippen LogP contribution >= 0.6 is 11.6 Å². The van der Waals surface area contributed by atoms with Crippen molar-refractivity contribution in [2.45, 2.75) is 6.42 Å². The lowest BCUT2D eigenvalue weighted by molar-refractivity contribution is 0.103. The van der Waals surface area contributed by atoms with Gasteiger partial charge in [0.25, 0.3) is 0 Å². The molecule has 2 nitrogen and oxygen atoms in total. The van der Waals surface area contributed by atoms with E-state index in [4.69, 9.17) is 16.6 Å². The summed E-state index contributed by atoms with van der Waals surface area (Å²) in [5.41, 5.74) is 6.60. The molecule has 0 amide bonds. The van der Waals surface area contributed by atoms with Crippen molar-refractivity contribution in [3.05, 3.63) is 100 Å². The zero-order valence-corrected chi connectivity index (χ0v) is 14.6. The van der Waals surface area contributed by atoms with Crippen molar-refractivity contribution in [3.8, 4) is 11.1 Å². The number of rotatable bonds is 2. The summed E-state index contributed by atoms with van der Waals surface area (Å²) >= 11 is 5.97. The fourth-order valence-electron chi connectivity index (χ4n) is 3.77. The highest BCUT2D eigenvalue weighted by Gasteiger charge is 2.27. The number of hydrogen-bond donors (Lipinski definition) is 0. The number of ketones is 1. The van der Waals surface area contributed by atoms with Crippen molar-refractivity contribution in [1.29, 1.82) is 0 Å². The van der Waals surface area contributed by atoms with Gasteiger partial charge in [0.2, 0.25) is 5.78 Å². The number of nitrogens with zero attached hydrogens (tertiary/aromatic N) is 1. The van der Waals surface area contributed by atoms with Gasteiger partial charge in [-0.15, -0.1) is 0 Å². The molecule has 124 valence electrons. The summed E-state index contributed by atoms with van der Waals surface area (Å²) in [6.07, 6.45) is 0.734. The summed E-state index contributed by atoms with van der Waals surface area (Å²) in [4.78, 5) is 18.0. The topological polar surface area (TPSA) is 30.0 Å². The van der Waals surface area contributed by atoms with Crippen LogP contribution in [0.3, 0.4) is 0 Å². The number of para-hydroxylation sites is 1. The van der Waals surface area contributed by atoms with E-state index in [0.717, 1.165) is 28.5 Å². The van der Waals surface area contributed by atoms with Crippen molar-refractivity contribution in [2.24, 2.45) is 0 Å². The van der Waals surface area contributed by atoms with Crippen LogP contribution in [0.15, 0.2) is 72.8 Å². The van der Waals surface area contributed by atoms with Crippen LogP contribution in [-0.4, -0.2) is 10.8 Å². The standard InChI is InChI=1S/C23H14ClNO/c24-16-11-9-14(10-12-16)23(26)22-19-13-15-5-1-2-6-17(15)21(19)18-7-3-4-8-20(18)25-22/h1-12H,13H2. The molecule has 1 aliphatic carbocycles. The molecule has 0 bridgehead atoms. The van der Waals surface area contributed by atoms with Crippen molar-refractivity contribution in [1.82, 2.24) is 4.98 Å². The van der Waals surface area contributed by atoms with Crippen LogP contribution in [0.2, 0.25) is 5.02 Å². The molecule has 26 heavy (non-hydrogen) atoms. The van der Waals surface area contributed by atoms with Crippen LogP contribution in [0, 0.1) is 0 Å². The maximum absolute atomic E-state index is 13.2. The van der Waals surface area contributed by atoms with Gasteiger partial charge in [-0.1, -0.05) is 54.1 Å². The Hall–Kier alpha value is -2.97. The highest BCUT2D eigenvalue weighted by molar-refractivity contribution is 6.30. The largest absolute Gasteiger partial charge is 0.287 e. The quantitative estimate of drug-likeness (QED) is 0.381. The highest BCUT2D eigenvalue weighted by Crippen LogP contribution is 2.42. The maximum Gasteiger partial charge on any atom is 0.211 e. The van der Waals surface area contributed by atoms with E-state index < -0.39 is 0 Å². The van der Waals surface area contributed by atoms with Crippen molar-refractivity contribution in [2.75, 3.05) is 0 Å². The molecule has 0 fully saturated rings. The third-order valence-corrected chi connectivity index (χ3v) is 5.22. The van der Waals surface area contributed by atoms with Crippen molar-refractivity contribution in [3.63, 3.8) is 0 Å². The molecule has 0 saturated heterocycles. The molecule has 0 N–H and O–H groups in total. The Kier molecular flexibility index (Phi) is 3.41. The highest BCUT2D eigenvalue weighted by atomic mass is 35.5. The van der Waals surface area contributed by atoms with Crippen molar-refractivity contribution < 1.29 is 4.79 Å². The Morgan fingerprint density at radius 3 is 2.46 bits per heavy atom. The first-order chi connectivity index (χ1) is 12.7. The van der Waals surface area contributed by atoms with Gasteiger partial charge < -0.3 is 0 Å². The van der Waals surface area contributed by atoms with Crippen LogP contribution in [0.1, 0.15) is 27.2 Å². The van der Waals surface area contributed by atoms with E-state index >= 15 is 0 Å². The van der Waals surface area contributed by atoms with Crippen LogP contribution in [0.25, 0.3) is 22.0 Å². The Balaban J connectivity index is 1.79. The zero-order chi connectivity index (χ0) is 17.7. The zero-order valence-electron chi connectivity index (χ0n) is 13.9. The lowest BCUT2D eigenvalue weighted by Crippen LogP contribution is -2.08. The molecule has 1 aromatic heterocycles. The molecule has 1 aliphatic rings. The van der Waals surface area contributed by atoms with E-state index in [9.17, 15) is 4.79 Å². The Morgan fingerprint density at radius 1 is 0.885 bits per heavy atom. The van der Waals surface area contributed by atoms with E-state index in [1.165, 1.54) is 11.1 Å². The first-order valence-electron chi connectivity index (χ1n) is 8.52. The molecule has 4 aromatic rings. The van der Waals surface area contributed by atoms with Gasteiger partial charge in [-0.25, -0.2) is 4.98 Å². The van der Waals surface area contributed by atoms with E-state index in [-0.39, 0.29) is 5.78 Å². The minimum absolute atomic E-state index is 0.0588. The third-order valence-electron chi connectivity index (χ3n) is 4.97. The molecule has 1 heterocycles. The molecular formula is C23H14ClNO. The van der Waals surface area contributed by atoms with E-state index in [1.807, 2.05) is 30.3 Å². The van der Waals surface area contributed by atoms with E-state index in [1.54, 1.807) is 24.3 Å². The monoisotopic (exact) mass is 355 g/mol. The van der Waals surface area contributed by atoms with Crippen molar-refractivity contribution >= 4 is 28.3 Å². The van der Waals surface area contributed by atoms with Gasteiger partial charge in [0.05, 0.1) is 5.52 Å². The average Bonchev–Trinajstić information content (AvgIpc) is 3.07. The van der Waals surface area contributed by atoms with Gasteiger partial charge in [-0.05, 0) is 52.6 Å². The van der Waals surface area contributed by atoms with E-state index in [2.05, 4.69) is 18.2 Å². The Bertz CT molecular complexity index is 1180. The second-order valence-corrected chi connectivity index (χ2v) is 6.94. The summed E-state index contributed by atoms with van der Waals surface area (Å²) in [5.74, 6) is -0.0588. The lowest BCUT2D eigenvalue weighted by Gasteiger charge is -2.11. The smallest absolute Gasteiger partial charge is 0.211 e. The summed E-state index contributed by atoms with van der Waals surface area (Å²) < 4.78 is 0. The lowest BCUT2D eigenvalue weighted by atomic mass is 9.96. The van der Waals surface area contributed by atoms with Gasteiger partial charge in [0, 0.05) is 22.4 Å². The molecule has 3 heteroatoms. The second kappa shape index (κ2) is 5.79. The molecule has 0 saturated carbocycles. The number of hydrogen-bond acceptors (Lipinski definition) is 2. The number of halogens is 1. The number of aromatic nitrogens is 1. The second-order valence-electron chi connectivity index (χ2n) is 6.50. The van der Waals surface area contributed by atoms with Gasteiger partial charge in [-0.2, -0.15) is 0 Å². The number of carbonyl (C=O) groups excluding carboxylic acids is 1. The summed E-state index contributed by atoms with van der Waals surface area (Å²) in [6, 6.07) is 23.4. The third kappa shape index (κ3) is 2.27. The minimum atomic E-state index is -0.0588. The van der Waals surface area contributed by atoms with Crippen LogP contribution < -0.4 is 0 Å². The minimum Gasteiger partial charge on any atom is -0.287 e. The first-order valence-corrected chi connectivity index (χ1v) is 8.90. The number of fused-ring (bicyclic) bond motifs is 5. The fraction of sp³-hybridized carbons (Fsp3) is 0.0435. The number of benzene rings is 3. The molecule has 3 aromatic carbocycles. The summed E-state index contributed by atoms with van der Waals surface area (Å²) in [6.45, 7) is 0. The Morgan fingerprint density at radius 2 is 1.62 bits per heavy atom. The Labute approximate surface area is 156 Å². The summed E-state index contributed by atoms with van der Waals surface area (Å²) in [5, 5.41) is 1.71.